The highest BCUT2D eigenvalue weighted by Crippen LogP contribution is 2.16. The first-order chi connectivity index (χ1) is 8.81. The van der Waals surface area contributed by atoms with E-state index in [4.69, 9.17) is 4.74 Å². The number of hydrogen-bond acceptors (Lipinski definition) is 2. The summed E-state index contributed by atoms with van der Waals surface area (Å²) in [4.78, 5) is 4.62. The number of rotatable bonds is 5. The van der Waals surface area contributed by atoms with Crippen LogP contribution in [0.5, 0.6) is 0 Å². The molecule has 0 saturated carbocycles. The van der Waals surface area contributed by atoms with E-state index in [1.165, 1.54) is 5.56 Å². The Kier molecular flexibility index (Phi) is 4.38. The van der Waals surface area contributed by atoms with Gasteiger partial charge in [0.15, 0.2) is 5.90 Å². The fourth-order valence-electron chi connectivity index (χ4n) is 2.05. The lowest BCUT2D eigenvalue weighted by atomic mass is 10.1. The van der Waals surface area contributed by atoms with Crippen molar-refractivity contribution in [1.82, 2.24) is 0 Å². The Hall–Kier alpha value is -1.79. The molecule has 0 aliphatic carbocycles. The smallest absolute Gasteiger partial charge is 0.188 e. The molecule has 1 aliphatic rings. The van der Waals surface area contributed by atoms with E-state index in [2.05, 4.69) is 48.5 Å². The van der Waals surface area contributed by atoms with Gasteiger partial charge < -0.3 is 4.74 Å². The van der Waals surface area contributed by atoms with Crippen molar-refractivity contribution in [1.29, 1.82) is 0 Å². The molecule has 1 heterocycles. The van der Waals surface area contributed by atoms with E-state index in [0.717, 1.165) is 30.7 Å². The molecule has 0 radical (unpaired) electrons. The third-order valence-electron chi connectivity index (χ3n) is 3.12. The molecule has 1 aromatic carbocycles. The van der Waals surface area contributed by atoms with E-state index in [9.17, 15) is 0 Å². The average molecular weight is 241 g/mol. The monoisotopic (exact) mass is 241 g/mol. The van der Waals surface area contributed by atoms with Gasteiger partial charge in [0.2, 0.25) is 0 Å². The minimum atomic E-state index is 0.255. The van der Waals surface area contributed by atoms with Crippen molar-refractivity contribution >= 4 is 5.90 Å². The van der Waals surface area contributed by atoms with Crippen LogP contribution in [0.3, 0.4) is 0 Å². The quantitative estimate of drug-likeness (QED) is 0.723. The van der Waals surface area contributed by atoms with Crippen molar-refractivity contribution in [2.75, 3.05) is 6.61 Å². The molecule has 0 bridgehead atoms. The molecule has 0 unspecified atom stereocenters. The lowest BCUT2D eigenvalue weighted by molar-refractivity contribution is 0.311. The van der Waals surface area contributed by atoms with E-state index in [1.54, 1.807) is 0 Å². The molecule has 2 nitrogen and oxygen atoms in total. The molecule has 0 spiro atoms. The van der Waals surface area contributed by atoms with Gasteiger partial charge in [-0.2, -0.15) is 0 Å². The molecule has 0 amide bonds. The van der Waals surface area contributed by atoms with E-state index in [0.29, 0.717) is 6.61 Å². The molecule has 0 aromatic heterocycles. The molecular formula is C16H19NO. The summed E-state index contributed by atoms with van der Waals surface area (Å²) in [5.74, 6) is 0.837. The Morgan fingerprint density at radius 1 is 1.44 bits per heavy atom. The second kappa shape index (κ2) is 6.23. The molecular weight excluding hydrogens is 222 g/mol. The molecule has 1 atom stereocenters. The Morgan fingerprint density at radius 3 is 2.89 bits per heavy atom. The molecule has 0 saturated heterocycles. The van der Waals surface area contributed by atoms with Crippen molar-refractivity contribution in [3.05, 3.63) is 53.8 Å². The fraction of sp³-hybridized carbons (Fsp3) is 0.375. The van der Waals surface area contributed by atoms with Crippen LogP contribution in [0.4, 0.5) is 0 Å². The molecule has 0 N–H and O–H groups in total. The van der Waals surface area contributed by atoms with E-state index in [1.807, 2.05) is 6.07 Å². The average Bonchev–Trinajstić information content (AvgIpc) is 2.84. The topological polar surface area (TPSA) is 21.6 Å². The highest BCUT2D eigenvalue weighted by atomic mass is 16.5. The van der Waals surface area contributed by atoms with Gasteiger partial charge in [0.25, 0.3) is 0 Å². The maximum Gasteiger partial charge on any atom is 0.188 e. The Balaban J connectivity index is 1.94. The third kappa shape index (κ3) is 3.35. The summed E-state index contributed by atoms with van der Waals surface area (Å²) in [7, 11) is 0. The predicted octanol–water partition coefficient (Wildman–Crippen LogP) is 3.54. The summed E-state index contributed by atoms with van der Waals surface area (Å²) >= 11 is 0. The van der Waals surface area contributed by atoms with Gasteiger partial charge in [-0.25, -0.2) is 4.99 Å². The largest absolute Gasteiger partial charge is 0.478 e. The molecule has 2 heteroatoms. The molecule has 1 aromatic rings. The van der Waals surface area contributed by atoms with Crippen LogP contribution in [0.25, 0.3) is 0 Å². The summed E-state index contributed by atoms with van der Waals surface area (Å²) in [6, 6.07) is 10.7. The maximum atomic E-state index is 5.63. The van der Waals surface area contributed by atoms with Crippen LogP contribution >= 0.6 is 0 Å². The summed E-state index contributed by atoms with van der Waals surface area (Å²) in [5.41, 5.74) is 5.42. The number of nitrogens with zero attached hydrogens (tertiary/aromatic N) is 1. The standard InChI is InChI=1S/C16H19NO/c1-3-13(4-2)11-16-17-15(12-18-16)10-14-8-6-5-7-9-14/h5-9,15H,1,4,10-12H2,2H3/t15-/m0/s1. The van der Waals surface area contributed by atoms with Gasteiger partial charge in [-0.15, -0.1) is 5.73 Å². The zero-order valence-corrected chi connectivity index (χ0v) is 10.9. The van der Waals surface area contributed by atoms with Crippen LogP contribution < -0.4 is 0 Å². The molecule has 1 aliphatic heterocycles. The van der Waals surface area contributed by atoms with Crippen LogP contribution in [0, 0.1) is 0 Å². The Bertz CT molecular complexity index is 469. The highest BCUT2D eigenvalue weighted by molar-refractivity contribution is 5.80. The number of benzene rings is 1. The summed E-state index contributed by atoms with van der Waals surface area (Å²) in [5, 5.41) is 0. The normalized spacial score (nSPS) is 17.8. The van der Waals surface area contributed by atoms with Gasteiger partial charge in [-0.1, -0.05) is 43.8 Å². The first kappa shape index (κ1) is 12.7. The SMILES string of the molecule is C=C=C(CC)CC1=N[C@@H](Cc2ccccc2)CO1. The van der Waals surface area contributed by atoms with Crippen LogP contribution in [0.2, 0.25) is 0 Å². The Morgan fingerprint density at radius 2 is 2.22 bits per heavy atom. The predicted molar refractivity (Wildman–Crippen MR) is 74.9 cm³/mol. The van der Waals surface area contributed by atoms with Crippen molar-refractivity contribution < 1.29 is 4.74 Å². The molecule has 94 valence electrons. The third-order valence-corrected chi connectivity index (χ3v) is 3.12. The van der Waals surface area contributed by atoms with Crippen LogP contribution in [-0.4, -0.2) is 18.5 Å². The lowest BCUT2D eigenvalue weighted by Crippen LogP contribution is -2.09. The summed E-state index contributed by atoms with van der Waals surface area (Å²) in [6.45, 7) is 6.48. The van der Waals surface area contributed by atoms with E-state index in [-0.39, 0.29) is 6.04 Å². The number of aliphatic imine (C=N–C) groups is 1. The summed E-state index contributed by atoms with van der Waals surface area (Å²) < 4.78 is 5.63. The molecule has 0 fully saturated rings. The minimum absolute atomic E-state index is 0.255. The van der Waals surface area contributed by atoms with Crippen LogP contribution in [0.1, 0.15) is 25.3 Å². The van der Waals surface area contributed by atoms with Crippen LogP contribution in [0.15, 0.2) is 53.2 Å². The van der Waals surface area contributed by atoms with E-state index >= 15 is 0 Å². The van der Waals surface area contributed by atoms with Gasteiger partial charge in [-0.05, 0) is 24.0 Å². The molecule has 18 heavy (non-hydrogen) atoms. The lowest BCUT2D eigenvalue weighted by Gasteiger charge is -2.04. The van der Waals surface area contributed by atoms with Gasteiger partial charge in [0, 0.05) is 0 Å². The van der Waals surface area contributed by atoms with Gasteiger partial charge in [0.05, 0.1) is 12.5 Å². The maximum absolute atomic E-state index is 5.63. The number of hydrogen-bond donors (Lipinski definition) is 0. The van der Waals surface area contributed by atoms with Gasteiger partial charge in [-0.3, -0.25) is 0 Å². The van der Waals surface area contributed by atoms with Crippen molar-refractivity contribution in [3.8, 4) is 0 Å². The fourth-order valence-corrected chi connectivity index (χ4v) is 2.05. The van der Waals surface area contributed by atoms with Crippen molar-refractivity contribution in [2.24, 2.45) is 4.99 Å². The first-order valence-electron chi connectivity index (χ1n) is 6.43. The van der Waals surface area contributed by atoms with Crippen molar-refractivity contribution in [3.63, 3.8) is 0 Å². The highest BCUT2D eigenvalue weighted by Gasteiger charge is 2.19. The van der Waals surface area contributed by atoms with Gasteiger partial charge in [0.1, 0.15) is 6.61 Å². The van der Waals surface area contributed by atoms with Crippen LogP contribution in [-0.2, 0) is 11.2 Å². The minimum Gasteiger partial charge on any atom is -0.478 e. The van der Waals surface area contributed by atoms with Gasteiger partial charge >= 0.3 is 0 Å². The first-order valence-corrected chi connectivity index (χ1v) is 6.43. The van der Waals surface area contributed by atoms with E-state index < -0.39 is 0 Å². The second-order valence-corrected chi connectivity index (χ2v) is 4.49. The summed E-state index contributed by atoms with van der Waals surface area (Å²) in [6.07, 6.45) is 2.66. The Labute approximate surface area is 109 Å². The second-order valence-electron chi connectivity index (χ2n) is 4.49. The number of ether oxygens (including phenoxy) is 1. The zero-order chi connectivity index (χ0) is 12.8. The van der Waals surface area contributed by atoms with Crippen molar-refractivity contribution in [2.45, 2.75) is 32.2 Å². The molecule has 2 rings (SSSR count). The zero-order valence-electron chi connectivity index (χ0n) is 10.9.